The van der Waals surface area contributed by atoms with E-state index in [0.717, 1.165) is 26.7 Å². The van der Waals surface area contributed by atoms with Crippen LogP contribution < -0.4 is 0 Å². The van der Waals surface area contributed by atoms with Crippen LogP contribution in [0.25, 0.3) is 11.1 Å². The largest absolute Gasteiger partial charge is 0.507 e. The van der Waals surface area contributed by atoms with Crippen molar-refractivity contribution in [1.29, 1.82) is 0 Å². The van der Waals surface area contributed by atoms with E-state index in [0.29, 0.717) is 24.5 Å². The summed E-state index contributed by atoms with van der Waals surface area (Å²) >= 11 is 13.8. The molecule has 0 fully saturated rings. The SMILES string of the molecule is Cc1c(C)c(C)c(-c2c(O)c(Br)c(Br)c(Br)c2Br)c(O)c1C. The minimum atomic E-state index is 0.0722. The number of benzene rings is 2. The van der Waals surface area contributed by atoms with Gasteiger partial charge in [0.2, 0.25) is 0 Å². The molecule has 22 heavy (non-hydrogen) atoms. The molecule has 0 aliphatic heterocycles. The van der Waals surface area contributed by atoms with Crippen LogP contribution in [0, 0.1) is 27.7 Å². The van der Waals surface area contributed by atoms with Gasteiger partial charge in [-0.2, -0.15) is 0 Å². The summed E-state index contributed by atoms with van der Waals surface area (Å²) in [5.41, 5.74) is 5.12. The van der Waals surface area contributed by atoms with Crippen LogP contribution >= 0.6 is 63.7 Å². The van der Waals surface area contributed by atoms with Gasteiger partial charge < -0.3 is 10.2 Å². The molecule has 0 aromatic heterocycles. The van der Waals surface area contributed by atoms with Crippen LogP contribution in [-0.4, -0.2) is 10.2 Å². The molecule has 2 N–H and O–H groups in total. The van der Waals surface area contributed by atoms with Gasteiger partial charge in [-0.15, -0.1) is 0 Å². The van der Waals surface area contributed by atoms with Crippen molar-refractivity contribution in [3.05, 3.63) is 40.1 Å². The van der Waals surface area contributed by atoms with E-state index in [1.54, 1.807) is 0 Å². The molecule has 0 aliphatic carbocycles. The second kappa shape index (κ2) is 6.46. The highest BCUT2D eigenvalue weighted by Crippen LogP contribution is 2.53. The lowest BCUT2D eigenvalue weighted by Crippen LogP contribution is -1.98. The Labute approximate surface area is 163 Å². The normalized spacial score (nSPS) is 11.1. The molecule has 0 unspecified atom stereocenters. The van der Waals surface area contributed by atoms with Crippen molar-refractivity contribution < 1.29 is 10.2 Å². The fourth-order valence-corrected chi connectivity index (χ4v) is 4.74. The maximum absolute atomic E-state index is 10.7. The predicted molar refractivity (Wildman–Crippen MR) is 105 cm³/mol. The summed E-state index contributed by atoms with van der Waals surface area (Å²) in [5.74, 6) is 0.265. The number of aromatic hydroxyl groups is 2. The van der Waals surface area contributed by atoms with Gasteiger partial charge in [-0.25, -0.2) is 0 Å². The van der Waals surface area contributed by atoms with Gasteiger partial charge in [0.1, 0.15) is 11.5 Å². The third-order valence-electron chi connectivity index (χ3n) is 4.15. The number of hydrogen-bond acceptors (Lipinski definition) is 2. The van der Waals surface area contributed by atoms with Gasteiger partial charge in [0.05, 0.1) is 8.95 Å². The standard InChI is InChI=1S/C16H14Br4O2/c1-5-6(2)8(4)15(21)9(7(5)3)10-11(17)12(18)13(19)14(20)16(10)22/h21-22H,1-4H3. The molecular formula is C16H14Br4O2. The van der Waals surface area contributed by atoms with Gasteiger partial charge in [0, 0.05) is 20.1 Å². The van der Waals surface area contributed by atoms with Crippen molar-refractivity contribution >= 4 is 63.7 Å². The highest BCUT2D eigenvalue weighted by atomic mass is 79.9. The van der Waals surface area contributed by atoms with E-state index in [1.165, 1.54) is 0 Å². The first-order chi connectivity index (χ1) is 10.1. The summed E-state index contributed by atoms with van der Waals surface area (Å²) < 4.78 is 2.69. The van der Waals surface area contributed by atoms with E-state index in [4.69, 9.17) is 0 Å². The van der Waals surface area contributed by atoms with Crippen molar-refractivity contribution in [1.82, 2.24) is 0 Å². The molecule has 0 amide bonds. The Morgan fingerprint density at radius 1 is 0.500 bits per heavy atom. The fourth-order valence-electron chi connectivity index (χ4n) is 2.45. The molecule has 2 aromatic rings. The van der Waals surface area contributed by atoms with Gasteiger partial charge in [0.15, 0.2) is 0 Å². The average molecular weight is 558 g/mol. The molecule has 0 atom stereocenters. The molecule has 0 bridgehead atoms. The second-order valence-corrected chi connectivity index (χ2v) is 8.38. The van der Waals surface area contributed by atoms with Crippen molar-refractivity contribution in [3.63, 3.8) is 0 Å². The van der Waals surface area contributed by atoms with Crippen LogP contribution in [0.15, 0.2) is 17.9 Å². The molecule has 2 nitrogen and oxygen atoms in total. The lowest BCUT2D eigenvalue weighted by molar-refractivity contribution is 0.464. The monoisotopic (exact) mass is 554 g/mol. The molecule has 118 valence electrons. The molecule has 0 spiro atoms. The molecule has 0 aliphatic rings. The van der Waals surface area contributed by atoms with Crippen molar-refractivity contribution in [2.24, 2.45) is 0 Å². The molecule has 2 rings (SSSR count). The molecule has 6 heteroatoms. The molecule has 2 aromatic carbocycles. The van der Waals surface area contributed by atoms with Gasteiger partial charge in [-0.1, -0.05) is 0 Å². The third kappa shape index (κ3) is 2.66. The van der Waals surface area contributed by atoms with E-state index in [-0.39, 0.29) is 11.5 Å². The summed E-state index contributed by atoms with van der Waals surface area (Å²) in [5, 5.41) is 21.3. The number of hydrogen-bond donors (Lipinski definition) is 2. The third-order valence-corrected chi connectivity index (χ3v) is 8.89. The van der Waals surface area contributed by atoms with Crippen LogP contribution in [0.3, 0.4) is 0 Å². The zero-order valence-corrected chi connectivity index (χ0v) is 18.8. The lowest BCUT2D eigenvalue weighted by atomic mass is 9.89. The van der Waals surface area contributed by atoms with Gasteiger partial charge in [0.25, 0.3) is 0 Å². The van der Waals surface area contributed by atoms with Gasteiger partial charge in [-0.3, -0.25) is 0 Å². The highest BCUT2D eigenvalue weighted by molar-refractivity contribution is 9.15. The van der Waals surface area contributed by atoms with E-state index in [9.17, 15) is 10.2 Å². The van der Waals surface area contributed by atoms with Crippen molar-refractivity contribution in [2.45, 2.75) is 27.7 Å². The minimum Gasteiger partial charge on any atom is -0.507 e. The summed E-state index contributed by atoms with van der Waals surface area (Å²) in [4.78, 5) is 0. The Morgan fingerprint density at radius 2 is 0.955 bits per heavy atom. The number of rotatable bonds is 1. The average Bonchev–Trinajstić information content (AvgIpc) is 2.50. The Kier molecular flexibility index (Phi) is 5.37. The molecular weight excluding hydrogens is 544 g/mol. The summed E-state index contributed by atoms with van der Waals surface area (Å²) in [6.07, 6.45) is 0. The first-order valence-corrected chi connectivity index (χ1v) is 9.63. The number of phenols is 2. The maximum atomic E-state index is 10.7. The smallest absolute Gasteiger partial charge is 0.140 e. The van der Waals surface area contributed by atoms with Crippen molar-refractivity contribution in [3.8, 4) is 22.6 Å². The summed E-state index contributed by atoms with van der Waals surface area (Å²) in [6.45, 7) is 7.85. The summed E-state index contributed by atoms with van der Waals surface area (Å²) in [7, 11) is 0. The molecule has 0 radical (unpaired) electrons. The van der Waals surface area contributed by atoms with Gasteiger partial charge in [-0.05, 0) is 114 Å². The van der Waals surface area contributed by atoms with Crippen LogP contribution in [0.5, 0.6) is 11.5 Å². The zero-order chi connectivity index (χ0) is 16.9. The Balaban J connectivity index is 3.03. The van der Waals surface area contributed by atoms with E-state index >= 15 is 0 Å². The molecule has 0 saturated heterocycles. The molecule has 0 saturated carbocycles. The van der Waals surface area contributed by atoms with E-state index < -0.39 is 0 Å². The fraction of sp³-hybridized carbons (Fsp3) is 0.250. The minimum absolute atomic E-state index is 0.0722. The highest BCUT2D eigenvalue weighted by Gasteiger charge is 2.25. The van der Waals surface area contributed by atoms with Crippen LogP contribution in [0.4, 0.5) is 0 Å². The first kappa shape index (κ1) is 18.3. The van der Waals surface area contributed by atoms with Crippen LogP contribution in [0.1, 0.15) is 22.3 Å². The van der Waals surface area contributed by atoms with Crippen LogP contribution in [0.2, 0.25) is 0 Å². The Morgan fingerprint density at radius 3 is 1.50 bits per heavy atom. The Bertz CT molecular complexity index is 672. The van der Waals surface area contributed by atoms with Crippen molar-refractivity contribution in [2.75, 3.05) is 0 Å². The summed E-state index contributed by atoms with van der Waals surface area (Å²) in [6, 6.07) is 0. The predicted octanol–water partition coefficient (Wildman–Crippen LogP) is 7.05. The maximum Gasteiger partial charge on any atom is 0.140 e. The zero-order valence-electron chi connectivity index (χ0n) is 12.4. The number of halogens is 4. The van der Waals surface area contributed by atoms with E-state index in [1.807, 2.05) is 27.7 Å². The van der Waals surface area contributed by atoms with Crippen LogP contribution in [-0.2, 0) is 0 Å². The van der Waals surface area contributed by atoms with E-state index in [2.05, 4.69) is 63.7 Å². The van der Waals surface area contributed by atoms with Gasteiger partial charge >= 0.3 is 0 Å². The second-order valence-electron chi connectivity index (χ2n) is 5.20. The lowest BCUT2D eigenvalue weighted by Gasteiger charge is -2.20. The topological polar surface area (TPSA) is 40.5 Å². The first-order valence-electron chi connectivity index (χ1n) is 6.45. The molecule has 0 heterocycles. The Hall–Kier alpha value is -0.0400. The number of phenolic OH excluding ortho intramolecular Hbond substituents is 2. The quantitative estimate of drug-likeness (QED) is 0.291.